The van der Waals surface area contributed by atoms with Gasteiger partial charge in [-0.15, -0.1) is 0 Å². The Morgan fingerprint density at radius 1 is 1.15 bits per heavy atom. The van der Waals surface area contributed by atoms with Crippen molar-refractivity contribution in [3.63, 3.8) is 0 Å². The zero-order valence-corrected chi connectivity index (χ0v) is 13.7. The first-order valence-electron chi connectivity index (χ1n) is 7.66. The van der Waals surface area contributed by atoms with Crippen molar-refractivity contribution in [1.82, 2.24) is 0 Å². The van der Waals surface area contributed by atoms with Crippen molar-refractivity contribution < 1.29 is 36.2 Å². The van der Waals surface area contributed by atoms with Crippen LogP contribution < -0.4 is 5.73 Å². The zero-order valence-electron chi connectivity index (χ0n) is 13.7. The molecule has 0 saturated heterocycles. The molecule has 1 saturated carbocycles. The van der Waals surface area contributed by atoms with Gasteiger partial charge < -0.3 is 10.8 Å². The standard InChI is InChI=1S/C15H16F3N.C2HF3O2/c1-13(19)8-11(9-13)10-3-2-4-12(7-10)14(5-6-14)15(16,17)18;3-2(4,5)1(6)7/h2-4,7-8H,5-6,9,19H2,1H3;(H,6,7). The van der Waals surface area contributed by atoms with Gasteiger partial charge >= 0.3 is 18.3 Å². The van der Waals surface area contributed by atoms with Gasteiger partial charge in [0.25, 0.3) is 0 Å². The van der Waals surface area contributed by atoms with E-state index in [-0.39, 0.29) is 18.4 Å². The van der Waals surface area contributed by atoms with Crippen LogP contribution in [0.1, 0.15) is 37.3 Å². The number of carbonyl (C=O) groups is 1. The minimum absolute atomic E-state index is 0.202. The second kappa shape index (κ2) is 6.29. The highest BCUT2D eigenvalue weighted by atomic mass is 19.4. The van der Waals surface area contributed by atoms with Gasteiger partial charge in [-0.05, 0) is 42.9 Å². The van der Waals surface area contributed by atoms with Crippen LogP contribution in [0.5, 0.6) is 0 Å². The summed E-state index contributed by atoms with van der Waals surface area (Å²) in [5, 5.41) is 7.12. The lowest BCUT2D eigenvalue weighted by Crippen LogP contribution is -2.40. The molecule has 2 aliphatic rings. The summed E-state index contributed by atoms with van der Waals surface area (Å²) in [5.74, 6) is -2.76. The van der Waals surface area contributed by atoms with Gasteiger partial charge in [-0.25, -0.2) is 4.79 Å². The fourth-order valence-corrected chi connectivity index (χ4v) is 2.84. The van der Waals surface area contributed by atoms with E-state index in [1.807, 2.05) is 19.1 Å². The molecule has 1 atom stereocenters. The van der Waals surface area contributed by atoms with Gasteiger partial charge in [-0.3, -0.25) is 0 Å². The van der Waals surface area contributed by atoms with Crippen LogP contribution in [-0.2, 0) is 10.2 Å². The van der Waals surface area contributed by atoms with E-state index in [4.69, 9.17) is 15.6 Å². The molecule has 0 aliphatic heterocycles. The zero-order chi connectivity index (χ0) is 20.0. The number of alkyl halides is 6. The van der Waals surface area contributed by atoms with Crippen molar-refractivity contribution in [1.29, 1.82) is 0 Å². The van der Waals surface area contributed by atoms with E-state index >= 15 is 0 Å². The molecule has 1 fully saturated rings. The number of hydrogen-bond donors (Lipinski definition) is 2. The number of benzene rings is 1. The molecule has 0 spiro atoms. The van der Waals surface area contributed by atoms with Gasteiger partial charge in [0.05, 0.1) is 5.41 Å². The molecule has 0 heterocycles. The van der Waals surface area contributed by atoms with E-state index in [1.165, 1.54) is 0 Å². The van der Waals surface area contributed by atoms with Gasteiger partial charge in [-0.2, -0.15) is 26.3 Å². The quantitative estimate of drug-likeness (QED) is 0.746. The van der Waals surface area contributed by atoms with Crippen LogP contribution >= 0.6 is 0 Å². The summed E-state index contributed by atoms with van der Waals surface area (Å²) in [5.41, 5.74) is 6.30. The van der Waals surface area contributed by atoms with Crippen molar-refractivity contribution in [3.05, 3.63) is 41.5 Å². The predicted molar refractivity (Wildman–Crippen MR) is 82.3 cm³/mol. The third-order valence-electron chi connectivity index (χ3n) is 4.40. The molecule has 9 heteroatoms. The number of hydrogen-bond acceptors (Lipinski definition) is 2. The van der Waals surface area contributed by atoms with Crippen molar-refractivity contribution >= 4 is 11.5 Å². The fraction of sp³-hybridized carbons (Fsp3) is 0.471. The van der Waals surface area contributed by atoms with Crippen LogP contribution in [0.2, 0.25) is 0 Å². The Morgan fingerprint density at radius 3 is 2.00 bits per heavy atom. The van der Waals surface area contributed by atoms with Gasteiger partial charge in [0.15, 0.2) is 0 Å². The molecule has 3 nitrogen and oxygen atoms in total. The second-order valence-corrected chi connectivity index (χ2v) is 6.82. The number of carboxylic acids is 1. The molecular weight excluding hydrogens is 364 g/mol. The molecule has 0 radical (unpaired) electrons. The smallest absolute Gasteiger partial charge is 0.475 e. The molecule has 1 unspecified atom stereocenters. The van der Waals surface area contributed by atoms with Crippen molar-refractivity contribution in [2.24, 2.45) is 5.73 Å². The van der Waals surface area contributed by atoms with E-state index in [1.54, 1.807) is 18.2 Å². The Labute approximate surface area is 145 Å². The first-order chi connectivity index (χ1) is 11.7. The number of aliphatic carboxylic acids is 1. The molecule has 0 aromatic heterocycles. The molecule has 0 bridgehead atoms. The highest BCUT2D eigenvalue weighted by Gasteiger charge is 2.64. The largest absolute Gasteiger partial charge is 0.490 e. The molecule has 3 rings (SSSR count). The topological polar surface area (TPSA) is 63.3 Å². The highest BCUT2D eigenvalue weighted by molar-refractivity contribution is 5.74. The van der Waals surface area contributed by atoms with Gasteiger partial charge in [0, 0.05) is 5.54 Å². The maximum atomic E-state index is 13.1. The molecule has 144 valence electrons. The minimum Gasteiger partial charge on any atom is -0.475 e. The molecule has 0 amide bonds. The molecule has 2 aliphatic carbocycles. The third-order valence-corrected chi connectivity index (χ3v) is 4.40. The second-order valence-electron chi connectivity index (χ2n) is 6.82. The number of rotatable bonds is 2. The number of halogens is 6. The van der Waals surface area contributed by atoms with E-state index < -0.39 is 23.7 Å². The average Bonchev–Trinajstić information content (AvgIpc) is 3.25. The monoisotopic (exact) mass is 381 g/mol. The summed E-state index contributed by atoms with van der Waals surface area (Å²) < 4.78 is 71.0. The van der Waals surface area contributed by atoms with Gasteiger partial charge in [-0.1, -0.05) is 30.3 Å². The number of nitrogens with two attached hydrogens (primary N) is 1. The Morgan fingerprint density at radius 2 is 1.65 bits per heavy atom. The maximum absolute atomic E-state index is 13.1. The summed E-state index contributed by atoms with van der Waals surface area (Å²) in [6.07, 6.45) is -6.18. The van der Waals surface area contributed by atoms with E-state index in [2.05, 4.69) is 0 Å². The Balaban J connectivity index is 0.000000298. The fourth-order valence-electron chi connectivity index (χ4n) is 2.84. The first-order valence-corrected chi connectivity index (χ1v) is 7.66. The van der Waals surface area contributed by atoms with Crippen LogP contribution in [0.25, 0.3) is 5.57 Å². The third kappa shape index (κ3) is 4.20. The summed E-state index contributed by atoms with van der Waals surface area (Å²) in [4.78, 5) is 8.90. The number of carboxylic acid groups (broad SMARTS) is 1. The average molecular weight is 381 g/mol. The summed E-state index contributed by atoms with van der Waals surface area (Å²) in [6, 6.07) is 6.84. The molecule has 26 heavy (non-hydrogen) atoms. The van der Waals surface area contributed by atoms with Crippen LogP contribution in [0.4, 0.5) is 26.3 Å². The van der Waals surface area contributed by atoms with Crippen molar-refractivity contribution in [3.8, 4) is 0 Å². The maximum Gasteiger partial charge on any atom is 0.490 e. The molecule has 3 N–H and O–H groups in total. The SMILES string of the molecule is CC1(N)C=C(c2cccc(C3(C(F)(F)F)CC3)c2)C1.O=C(O)C(F)(F)F. The highest BCUT2D eigenvalue weighted by Crippen LogP contribution is 2.59. The predicted octanol–water partition coefficient (Wildman–Crippen LogP) is 4.42. The minimum atomic E-state index is -5.08. The molecule has 1 aromatic rings. The summed E-state index contributed by atoms with van der Waals surface area (Å²) in [7, 11) is 0. The van der Waals surface area contributed by atoms with Crippen LogP contribution in [0.15, 0.2) is 30.3 Å². The Hall–Kier alpha value is -2.03. The van der Waals surface area contributed by atoms with Crippen LogP contribution in [0, 0.1) is 0 Å². The summed E-state index contributed by atoms with van der Waals surface area (Å²) in [6.45, 7) is 1.92. The van der Waals surface area contributed by atoms with Gasteiger partial charge in [0.2, 0.25) is 0 Å². The van der Waals surface area contributed by atoms with E-state index in [0.29, 0.717) is 5.56 Å². The Bertz CT molecular complexity index is 730. The van der Waals surface area contributed by atoms with Gasteiger partial charge in [0.1, 0.15) is 0 Å². The van der Waals surface area contributed by atoms with Crippen LogP contribution in [-0.4, -0.2) is 29.0 Å². The molecule has 1 aromatic carbocycles. The Kier molecular flexibility index (Phi) is 4.91. The summed E-state index contributed by atoms with van der Waals surface area (Å²) >= 11 is 0. The van der Waals surface area contributed by atoms with E-state index in [0.717, 1.165) is 17.6 Å². The molecular formula is C17H17F6NO2. The lowest BCUT2D eigenvalue weighted by atomic mass is 9.77. The van der Waals surface area contributed by atoms with Crippen LogP contribution in [0.3, 0.4) is 0 Å². The van der Waals surface area contributed by atoms with E-state index in [9.17, 15) is 26.3 Å². The van der Waals surface area contributed by atoms with Crippen molar-refractivity contribution in [2.75, 3.05) is 0 Å². The lowest BCUT2D eigenvalue weighted by molar-refractivity contribution is -0.192. The lowest BCUT2D eigenvalue weighted by Gasteiger charge is -2.33. The normalized spacial score (nSPS) is 23.9. The first kappa shape index (κ1) is 20.3. The van der Waals surface area contributed by atoms with Crippen molar-refractivity contribution in [2.45, 2.75) is 49.5 Å².